The quantitative estimate of drug-likeness (QED) is 0.460. The number of nitrogens with zero attached hydrogens (tertiary/aromatic N) is 1. The topological polar surface area (TPSA) is 43.4 Å². The molecule has 62 valence electrons. The summed E-state index contributed by atoms with van der Waals surface area (Å²) in [6.45, 7) is -0.616. The van der Waals surface area contributed by atoms with Crippen LogP contribution in [0, 0.1) is 0 Å². The summed E-state index contributed by atoms with van der Waals surface area (Å²) < 4.78 is 32.9. The number of hydrogen-bond acceptors (Lipinski definition) is 2. The third-order valence-electron chi connectivity index (χ3n) is 0.879. The zero-order valence-corrected chi connectivity index (χ0v) is 6.83. The molecule has 0 fully saturated rings. The van der Waals surface area contributed by atoms with Gasteiger partial charge in [-0.1, -0.05) is 0 Å². The molecule has 6 heteroatoms. The number of alkyl halides is 2. The third-order valence-corrected chi connectivity index (χ3v) is 1.83. The molecule has 0 saturated carbocycles. The van der Waals surface area contributed by atoms with E-state index in [9.17, 15) is 13.2 Å². The Kier molecular flexibility index (Phi) is 6.20. The van der Waals surface area contributed by atoms with E-state index < -0.39 is 17.9 Å². The van der Waals surface area contributed by atoms with Crippen molar-refractivity contribution in [1.82, 2.24) is 4.31 Å². The van der Waals surface area contributed by atoms with Gasteiger partial charge in [0.05, 0.1) is 0 Å². The summed E-state index contributed by atoms with van der Waals surface area (Å²) in [4.78, 5) is 0. The Morgan fingerprint density at radius 2 is 2.20 bits per heavy atom. The molecule has 0 aromatic rings. The first kappa shape index (κ1) is 10.3. The predicted octanol–water partition coefficient (Wildman–Crippen LogP) is 0.291. The Morgan fingerprint density at radius 1 is 1.60 bits per heavy atom. The highest BCUT2D eigenvalue weighted by Crippen LogP contribution is 1.92. The first-order valence-electron chi connectivity index (χ1n) is 2.68. The van der Waals surface area contributed by atoms with Crippen LogP contribution in [0.4, 0.5) is 4.39 Å². The molecular formula is C4H8ClFNO2S-. The maximum Gasteiger partial charge on any atom is 0.103 e. The first-order valence-corrected chi connectivity index (χ1v) is 4.25. The second kappa shape index (κ2) is 6.03. The molecule has 0 N–H and O–H groups in total. The van der Waals surface area contributed by atoms with Crippen LogP contribution in [0.1, 0.15) is 0 Å². The Hall–Kier alpha value is 0.290. The maximum absolute atomic E-state index is 11.6. The van der Waals surface area contributed by atoms with Crippen molar-refractivity contribution in [2.75, 3.05) is 25.6 Å². The average Bonchev–Trinajstić information content (AvgIpc) is 1.87. The van der Waals surface area contributed by atoms with E-state index in [4.69, 9.17) is 11.6 Å². The van der Waals surface area contributed by atoms with Gasteiger partial charge in [0.1, 0.15) is 6.67 Å². The van der Waals surface area contributed by atoms with Crippen LogP contribution in [0.25, 0.3) is 0 Å². The Morgan fingerprint density at radius 3 is 2.50 bits per heavy atom. The molecule has 0 aromatic heterocycles. The normalized spacial score (nSPS) is 14.0. The monoisotopic (exact) mass is 188 g/mol. The van der Waals surface area contributed by atoms with Crippen molar-refractivity contribution < 1.29 is 13.2 Å². The lowest BCUT2D eigenvalue weighted by atomic mass is 10.6. The van der Waals surface area contributed by atoms with Crippen LogP contribution in [0.5, 0.6) is 0 Å². The Bertz CT molecular complexity index is 109. The van der Waals surface area contributed by atoms with Gasteiger partial charge < -0.3 is 4.55 Å². The fourth-order valence-corrected chi connectivity index (χ4v) is 1.21. The summed E-state index contributed by atoms with van der Waals surface area (Å²) in [5.74, 6) is 0.188. The van der Waals surface area contributed by atoms with Crippen molar-refractivity contribution in [3.8, 4) is 0 Å². The van der Waals surface area contributed by atoms with E-state index in [1.807, 2.05) is 0 Å². The Balaban J connectivity index is 3.61. The molecular weight excluding hydrogens is 181 g/mol. The van der Waals surface area contributed by atoms with Crippen LogP contribution in [0.15, 0.2) is 0 Å². The summed E-state index contributed by atoms with van der Waals surface area (Å²) in [7, 11) is 0. The fraction of sp³-hybridized carbons (Fsp3) is 1.00. The molecule has 0 aromatic carbocycles. The summed E-state index contributed by atoms with van der Waals surface area (Å²) in [6.07, 6.45) is 0. The van der Waals surface area contributed by atoms with E-state index in [0.717, 1.165) is 4.31 Å². The van der Waals surface area contributed by atoms with Crippen LogP contribution in [0.3, 0.4) is 0 Å². The van der Waals surface area contributed by atoms with E-state index in [2.05, 4.69) is 0 Å². The van der Waals surface area contributed by atoms with Crippen molar-refractivity contribution in [2.45, 2.75) is 0 Å². The molecule has 3 nitrogen and oxygen atoms in total. The van der Waals surface area contributed by atoms with Crippen LogP contribution in [-0.2, 0) is 11.3 Å². The molecule has 10 heavy (non-hydrogen) atoms. The fourth-order valence-electron chi connectivity index (χ4n) is 0.449. The lowest BCUT2D eigenvalue weighted by Crippen LogP contribution is -2.29. The molecule has 1 atom stereocenters. The molecule has 0 aliphatic heterocycles. The van der Waals surface area contributed by atoms with Gasteiger partial charge in [-0.15, -0.1) is 11.6 Å². The van der Waals surface area contributed by atoms with Crippen LogP contribution >= 0.6 is 11.6 Å². The van der Waals surface area contributed by atoms with E-state index in [0.29, 0.717) is 0 Å². The zero-order valence-electron chi connectivity index (χ0n) is 5.26. The van der Waals surface area contributed by atoms with Crippen molar-refractivity contribution in [2.24, 2.45) is 0 Å². The number of halogens is 2. The average molecular weight is 189 g/mol. The molecule has 0 rings (SSSR count). The van der Waals surface area contributed by atoms with Gasteiger partial charge >= 0.3 is 0 Å². The van der Waals surface area contributed by atoms with E-state index in [-0.39, 0.29) is 19.0 Å². The first-order chi connectivity index (χ1) is 4.72. The molecule has 0 spiro atoms. The number of rotatable bonds is 5. The molecule has 0 aliphatic rings. The van der Waals surface area contributed by atoms with Gasteiger partial charge in [-0.3, -0.25) is 4.21 Å². The van der Waals surface area contributed by atoms with Gasteiger partial charge in [0.15, 0.2) is 0 Å². The van der Waals surface area contributed by atoms with Crippen molar-refractivity contribution in [3.63, 3.8) is 0 Å². The highest BCUT2D eigenvalue weighted by molar-refractivity contribution is 7.76. The van der Waals surface area contributed by atoms with Crippen molar-refractivity contribution >= 4 is 22.9 Å². The van der Waals surface area contributed by atoms with E-state index in [1.54, 1.807) is 0 Å². The van der Waals surface area contributed by atoms with E-state index in [1.165, 1.54) is 0 Å². The molecule has 0 radical (unpaired) electrons. The summed E-state index contributed by atoms with van der Waals surface area (Å²) in [5.41, 5.74) is 0. The Labute approximate surface area is 66.6 Å². The standard InChI is InChI=1S/C4H9ClFNO2S/c5-1-3-7(4-2-6)10(8)9/h1-4H2,(H,8,9)/p-1. The minimum absolute atomic E-state index is 0.108. The highest BCUT2D eigenvalue weighted by Gasteiger charge is 2.02. The summed E-state index contributed by atoms with van der Waals surface area (Å²) in [5, 5.41) is 0. The minimum Gasteiger partial charge on any atom is -0.760 e. The van der Waals surface area contributed by atoms with Crippen LogP contribution in [0.2, 0.25) is 0 Å². The van der Waals surface area contributed by atoms with Gasteiger partial charge in [-0.2, -0.15) is 0 Å². The molecule has 0 saturated heterocycles. The SMILES string of the molecule is O=S([O-])N(CCF)CCCl. The minimum atomic E-state index is -2.34. The van der Waals surface area contributed by atoms with Gasteiger partial charge in [0, 0.05) is 30.2 Å². The van der Waals surface area contributed by atoms with Crippen molar-refractivity contribution in [3.05, 3.63) is 0 Å². The van der Waals surface area contributed by atoms with Crippen LogP contribution in [-0.4, -0.2) is 38.7 Å². The molecule has 1 unspecified atom stereocenters. The molecule has 0 amide bonds. The third kappa shape index (κ3) is 4.16. The van der Waals surface area contributed by atoms with Crippen molar-refractivity contribution in [1.29, 1.82) is 0 Å². The molecule has 0 aliphatic carbocycles. The van der Waals surface area contributed by atoms with Gasteiger partial charge in [-0.05, 0) is 0 Å². The van der Waals surface area contributed by atoms with Crippen LogP contribution < -0.4 is 0 Å². The largest absolute Gasteiger partial charge is 0.760 e. The summed E-state index contributed by atoms with van der Waals surface area (Å²) >= 11 is 2.89. The predicted molar refractivity (Wildman–Crippen MR) is 37.2 cm³/mol. The number of hydrogen-bond donors (Lipinski definition) is 0. The molecule has 0 heterocycles. The smallest absolute Gasteiger partial charge is 0.103 e. The van der Waals surface area contributed by atoms with Gasteiger partial charge in [-0.25, -0.2) is 8.70 Å². The zero-order chi connectivity index (χ0) is 7.98. The van der Waals surface area contributed by atoms with Gasteiger partial charge in [0.2, 0.25) is 0 Å². The maximum atomic E-state index is 11.6. The second-order valence-corrected chi connectivity index (χ2v) is 2.85. The van der Waals surface area contributed by atoms with Gasteiger partial charge in [0.25, 0.3) is 0 Å². The van der Waals surface area contributed by atoms with E-state index >= 15 is 0 Å². The lowest BCUT2D eigenvalue weighted by molar-refractivity contribution is 0.355. The second-order valence-electron chi connectivity index (χ2n) is 1.52. The molecule has 0 bridgehead atoms. The summed E-state index contributed by atoms with van der Waals surface area (Å²) in [6, 6.07) is 0. The highest BCUT2D eigenvalue weighted by atomic mass is 35.5. The lowest BCUT2D eigenvalue weighted by Gasteiger charge is -2.21.